The van der Waals surface area contributed by atoms with Gasteiger partial charge in [0.2, 0.25) is 10.0 Å². The zero-order valence-corrected chi connectivity index (χ0v) is 15.3. The van der Waals surface area contributed by atoms with Crippen LogP contribution in [-0.2, 0) is 14.8 Å². The maximum atomic E-state index is 13.0. The molecule has 0 saturated carbocycles. The molecule has 1 fully saturated rings. The smallest absolute Gasteiger partial charge is 0.243 e. The van der Waals surface area contributed by atoms with Crippen LogP contribution in [-0.4, -0.2) is 61.8 Å². The Kier molecular flexibility index (Phi) is 5.07. The first-order valence-electron chi connectivity index (χ1n) is 7.97. The average Bonchev–Trinajstić information content (AvgIpc) is 3.22. The first-order chi connectivity index (χ1) is 12.0. The van der Waals surface area contributed by atoms with E-state index in [0.29, 0.717) is 37.1 Å². The molecule has 1 aromatic carbocycles. The van der Waals surface area contributed by atoms with Crippen molar-refractivity contribution < 1.29 is 17.9 Å². The number of ether oxygens (including phenoxy) is 2. The van der Waals surface area contributed by atoms with E-state index in [0.717, 1.165) is 0 Å². The molecule has 136 valence electrons. The lowest BCUT2D eigenvalue weighted by molar-refractivity contribution is 0.150. The Morgan fingerprint density at radius 2 is 2.12 bits per heavy atom. The minimum absolute atomic E-state index is 0.000540. The molecule has 1 aliphatic heterocycles. The number of H-pyrrole nitrogens is 1. The van der Waals surface area contributed by atoms with Crippen LogP contribution >= 0.6 is 0 Å². The molecule has 8 nitrogen and oxygen atoms in total. The number of hydrogen-bond donors (Lipinski definition) is 1. The molecule has 25 heavy (non-hydrogen) atoms. The molecular weight excluding hydrogens is 344 g/mol. The Balaban J connectivity index is 1.89. The summed E-state index contributed by atoms with van der Waals surface area (Å²) in [6, 6.07) is 6.50. The van der Waals surface area contributed by atoms with Gasteiger partial charge in [0.05, 0.1) is 18.6 Å². The van der Waals surface area contributed by atoms with Gasteiger partial charge in [-0.25, -0.2) is 13.4 Å². The van der Waals surface area contributed by atoms with Gasteiger partial charge in [0.15, 0.2) is 5.82 Å². The summed E-state index contributed by atoms with van der Waals surface area (Å²) >= 11 is 0. The Morgan fingerprint density at radius 1 is 1.32 bits per heavy atom. The molecular formula is C16H22N4O4S. The topological polar surface area (TPSA) is 97.4 Å². The van der Waals surface area contributed by atoms with Crippen molar-refractivity contribution in [1.82, 2.24) is 19.5 Å². The van der Waals surface area contributed by atoms with Crippen LogP contribution < -0.4 is 4.74 Å². The molecule has 1 aliphatic rings. The second kappa shape index (κ2) is 7.11. The first-order valence-corrected chi connectivity index (χ1v) is 9.41. The van der Waals surface area contributed by atoms with Crippen molar-refractivity contribution in [3.63, 3.8) is 0 Å². The van der Waals surface area contributed by atoms with Gasteiger partial charge in [-0.15, -0.1) is 0 Å². The van der Waals surface area contributed by atoms with Crippen molar-refractivity contribution in [1.29, 1.82) is 0 Å². The molecule has 0 aliphatic carbocycles. The fourth-order valence-corrected chi connectivity index (χ4v) is 4.70. The third-order valence-electron chi connectivity index (χ3n) is 4.41. The second-order valence-electron chi connectivity index (χ2n) is 6.10. The zero-order chi connectivity index (χ0) is 18.0. The van der Waals surface area contributed by atoms with Crippen molar-refractivity contribution in [2.24, 2.45) is 5.92 Å². The van der Waals surface area contributed by atoms with Gasteiger partial charge in [-0.2, -0.15) is 9.40 Å². The zero-order valence-electron chi connectivity index (χ0n) is 14.5. The number of benzene rings is 1. The molecule has 3 rings (SSSR count). The third kappa shape index (κ3) is 3.53. The van der Waals surface area contributed by atoms with E-state index < -0.39 is 10.0 Å². The van der Waals surface area contributed by atoms with Crippen LogP contribution in [0.15, 0.2) is 29.2 Å². The van der Waals surface area contributed by atoms with E-state index in [9.17, 15) is 8.42 Å². The largest absolute Gasteiger partial charge is 0.497 e. The molecule has 2 unspecified atom stereocenters. The van der Waals surface area contributed by atoms with Gasteiger partial charge >= 0.3 is 0 Å². The highest BCUT2D eigenvalue weighted by atomic mass is 32.2. The minimum Gasteiger partial charge on any atom is -0.497 e. The number of aromatic nitrogens is 3. The van der Waals surface area contributed by atoms with E-state index in [1.165, 1.54) is 17.5 Å². The predicted molar refractivity (Wildman–Crippen MR) is 91.0 cm³/mol. The van der Waals surface area contributed by atoms with Gasteiger partial charge < -0.3 is 9.47 Å². The van der Waals surface area contributed by atoms with Crippen LogP contribution in [0.25, 0.3) is 0 Å². The number of aromatic amines is 1. The fraction of sp³-hybridized carbons (Fsp3) is 0.500. The van der Waals surface area contributed by atoms with Crippen molar-refractivity contribution in [2.75, 3.05) is 33.9 Å². The monoisotopic (exact) mass is 366 g/mol. The van der Waals surface area contributed by atoms with E-state index in [1.54, 1.807) is 25.3 Å². The van der Waals surface area contributed by atoms with E-state index in [-0.39, 0.29) is 16.7 Å². The standard InChI is InChI=1S/C16H22N4O4S/c1-11-17-16(19-18-11)15-9-20(8-12(15)10-23-2)25(21,22)14-6-4-5-13(7-14)24-3/h4-7,12,15H,8-10H2,1-3H3,(H,17,18,19). The molecule has 1 aromatic heterocycles. The summed E-state index contributed by atoms with van der Waals surface area (Å²) in [5.41, 5.74) is 0. The molecule has 1 saturated heterocycles. The van der Waals surface area contributed by atoms with Crippen LogP contribution in [0.3, 0.4) is 0 Å². The molecule has 1 N–H and O–H groups in total. The van der Waals surface area contributed by atoms with Crippen LogP contribution in [0.2, 0.25) is 0 Å². The fourth-order valence-electron chi connectivity index (χ4n) is 3.14. The van der Waals surface area contributed by atoms with E-state index in [2.05, 4.69) is 15.2 Å². The number of methoxy groups -OCH3 is 2. The van der Waals surface area contributed by atoms with Crippen LogP contribution in [0.5, 0.6) is 5.75 Å². The van der Waals surface area contributed by atoms with Gasteiger partial charge in [0.25, 0.3) is 0 Å². The molecule has 9 heteroatoms. The molecule has 0 radical (unpaired) electrons. The Bertz CT molecular complexity index is 836. The average molecular weight is 366 g/mol. The summed E-state index contributed by atoms with van der Waals surface area (Å²) in [5, 5.41) is 7.04. The van der Waals surface area contributed by atoms with Gasteiger partial charge in [-0.3, -0.25) is 5.10 Å². The second-order valence-corrected chi connectivity index (χ2v) is 8.04. The number of aryl methyl sites for hydroxylation is 1. The van der Waals surface area contributed by atoms with E-state index in [4.69, 9.17) is 9.47 Å². The lowest BCUT2D eigenvalue weighted by Crippen LogP contribution is -2.29. The molecule has 0 bridgehead atoms. The van der Waals surface area contributed by atoms with Crippen LogP contribution in [0.1, 0.15) is 17.6 Å². The number of nitrogens with zero attached hydrogens (tertiary/aromatic N) is 3. The SMILES string of the molecule is COCC1CN(S(=O)(=O)c2cccc(OC)c2)CC1c1n[nH]c(C)n1. The predicted octanol–water partition coefficient (Wildman–Crippen LogP) is 1.17. The number of sulfonamides is 1. The quantitative estimate of drug-likeness (QED) is 0.824. The number of hydrogen-bond acceptors (Lipinski definition) is 6. The summed E-state index contributed by atoms with van der Waals surface area (Å²) in [6.45, 7) is 2.96. The summed E-state index contributed by atoms with van der Waals surface area (Å²) < 4.78 is 37.9. The van der Waals surface area contributed by atoms with Gasteiger partial charge in [0, 0.05) is 38.1 Å². The third-order valence-corrected chi connectivity index (χ3v) is 6.24. The number of rotatable bonds is 6. The van der Waals surface area contributed by atoms with Gasteiger partial charge in [-0.05, 0) is 19.1 Å². The first kappa shape index (κ1) is 17.8. The molecule has 2 heterocycles. The van der Waals surface area contributed by atoms with Crippen molar-refractivity contribution in [3.05, 3.63) is 35.9 Å². The highest BCUT2D eigenvalue weighted by Crippen LogP contribution is 2.34. The molecule has 2 aromatic rings. The highest BCUT2D eigenvalue weighted by molar-refractivity contribution is 7.89. The lowest BCUT2D eigenvalue weighted by atomic mass is 9.96. The van der Waals surface area contributed by atoms with Crippen molar-refractivity contribution in [3.8, 4) is 5.75 Å². The van der Waals surface area contributed by atoms with E-state index in [1.807, 2.05) is 6.92 Å². The maximum absolute atomic E-state index is 13.0. The summed E-state index contributed by atoms with van der Waals surface area (Å²) in [5.74, 6) is 1.74. The summed E-state index contributed by atoms with van der Waals surface area (Å²) in [6.07, 6.45) is 0. The van der Waals surface area contributed by atoms with E-state index >= 15 is 0 Å². The molecule has 0 amide bonds. The summed E-state index contributed by atoms with van der Waals surface area (Å²) in [4.78, 5) is 4.60. The molecule has 2 atom stereocenters. The Hall–Kier alpha value is -1.97. The highest BCUT2D eigenvalue weighted by Gasteiger charge is 2.41. The Morgan fingerprint density at radius 3 is 2.76 bits per heavy atom. The Labute approximate surface area is 147 Å². The lowest BCUT2D eigenvalue weighted by Gasteiger charge is -2.16. The van der Waals surface area contributed by atoms with Crippen LogP contribution in [0.4, 0.5) is 0 Å². The van der Waals surface area contributed by atoms with Crippen molar-refractivity contribution >= 4 is 10.0 Å². The minimum atomic E-state index is -3.62. The van der Waals surface area contributed by atoms with Gasteiger partial charge in [-0.1, -0.05) is 6.07 Å². The molecule has 0 spiro atoms. The van der Waals surface area contributed by atoms with Crippen LogP contribution in [0, 0.1) is 12.8 Å². The number of nitrogens with one attached hydrogen (secondary N) is 1. The normalized spacial score (nSPS) is 21.6. The van der Waals surface area contributed by atoms with Gasteiger partial charge in [0.1, 0.15) is 11.6 Å². The maximum Gasteiger partial charge on any atom is 0.243 e. The summed E-state index contributed by atoms with van der Waals surface area (Å²) in [7, 11) is -0.502. The van der Waals surface area contributed by atoms with Crippen molar-refractivity contribution in [2.45, 2.75) is 17.7 Å².